The van der Waals surface area contributed by atoms with Crippen molar-refractivity contribution >= 4 is 29.1 Å². The summed E-state index contributed by atoms with van der Waals surface area (Å²) in [5.41, 5.74) is 4.60. The number of methoxy groups -OCH3 is 2. The highest BCUT2D eigenvalue weighted by Gasteiger charge is 2.88. The summed E-state index contributed by atoms with van der Waals surface area (Å²) in [6, 6.07) is 2.16. The Morgan fingerprint density at radius 2 is 1.87 bits per heavy atom. The van der Waals surface area contributed by atoms with Crippen LogP contribution in [0.2, 0.25) is 0 Å². The third-order valence-electron chi connectivity index (χ3n) is 11.5. The first kappa shape index (κ1) is 33.4. The molecular weight excluding hydrogens is 604 g/mol. The molecule has 0 radical (unpaired) electrons. The summed E-state index contributed by atoms with van der Waals surface area (Å²) in [5.74, 6) is -1.32. The molecule has 2 heterocycles. The quantitative estimate of drug-likeness (QED) is 0.246. The highest BCUT2D eigenvalue weighted by molar-refractivity contribution is 6.06. The van der Waals surface area contributed by atoms with Gasteiger partial charge < -0.3 is 34.7 Å². The highest BCUT2D eigenvalue weighted by atomic mass is 16.7. The number of carbonyl (C=O) groups excluding carboxylic acids is 4. The molecule has 2 saturated heterocycles. The number of amides is 1. The third-order valence-corrected chi connectivity index (χ3v) is 11.5. The molecule has 2 saturated carbocycles. The predicted octanol–water partition coefficient (Wildman–Crippen LogP) is 4.32. The summed E-state index contributed by atoms with van der Waals surface area (Å²) in [6.07, 6.45) is 9.12. The number of carbonyl (C=O) groups is 4. The number of Topliss-reactive ketones (excluding diaryl/α,β-unsaturated/α-hetero) is 1. The van der Waals surface area contributed by atoms with Gasteiger partial charge in [-0.2, -0.15) is 0 Å². The van der Waals surface area contributed by atoms with Gasteiger partial charge in [-0.05, 0) is 56.1 Å². The summed E-state index contributed by atoms with van der Waals surface area (Å²) in [5, 5.41) is 2.70. The van der Waals surface area contributed by atoms with E-state index in [1.54, 1.807) is 12.2 Å². The number of ketones is 2. The number of rotatable bonds is 12. The molecule has 0 aromatic heterocycles. The van der Waals surface area contributed by atoms with Crippen molar-refractivity contribution in [3.05, 3.63) is 41.5 Å². The van der Waals surface area contributed by atoms with Gasteiger partial charge in [0.2, 0.25) is 11.7 Å². The van der Waals surface area contributed by atoms with Gasteiger partial charge in [0.15, 0.2) is 18.0 Å². The number of hydrogen-bond acceptors (Lipinski definition) is 10. The fourth-order valence-electron chi connectivity index (χ4n) is 8.79. The van der Waals surface area contributed by atoms with Gasteiger partial charge in [-0.15, -0.1) is 0 Å². The van der Waals surface area contributed by atoms with Crippen LogP contribution in [-0.4, -0.2) is 73.2 Å². The molecule has 1 aromatic rings. The minimum Gasteiger partial charge on any atom is -0.497 e. The van der Waals surface area contributed by atoms with Crippen LogP contribution in [0, 0.1) is 23.2 Å². The fraction of sp³-hybridized carbons (Fsp3) is 0.611. The normalized spacial score (nSPS) is 35.2. The molecule has 11 nitrogen and oxygen atoms in total. The number of anilines is 1. The maximum Gasteiger partial charge on any atom is 0.344 e. The van der Waals surface area contributed by atoms with E-state index >= 15 is 0 Å². The lowest BCUT2D eigenvalue weighted by molar-refractivity contribution is -0.129. The molecule has 2 aliphatic heterocycles. The van der Waals surface area contributed by atoms with E-state index in [2.05, 4.69) is 19.2 Å². The van der Waals surface area contributed by atoms with E-state index in [0.29, 0.717) is 12.2 Å². The molecule has 4 fully saturated rings. The van der Waals surface area contributed by atoms with Gasteiger partial charge in [-0.3, -0.25) is 14.4 Å². The predicted molar refractivity (Wildman–Crippen MR) is 172 cm³/mol. The second kappa shape index (κ2) is 11.6. The monoisotopic (exact) mass is 650 g/mol. The molecule has 8 atom stereocenters. The molecule has 11 heteroatoms. The van der Waals surface area contributed by atoms with Crippen LogP contribution in [0.5, 0.6) is 11.5 Å². The standard InChI is InChI=1S/C36H46N2O9/c1-8-9-21-13-23(39)10-11-33(21,5)35-16-22-12-20(4)36(34(22,47-36)17-28(35)46-35)27(40)18-45-32(42)29-25(38-31(41)30(37)19(2)3)14-24(43-6)15-26(29)44-7/h10-11,13-15,19-20,22,28,30H,8-9,12,16-18,37H2,1-7H3,(H,38,41)/t20-,22?,28?,30?,33?,34?,35+,36+/m1/s1. The van der Waals surface area contributed by atoms with Crippen molar-refractivity contribution < 1.29 is 42.9 Å². The smallest absolute Gasteiger partial charge is 0.344 e. The Hall–Kier alpha value is -3.54. The highest BCUT2D eigenvalue weighted by Crippen LogP contribution is 2.77. The minimum atomic E-state index is -1.07. The van der Waals surface area contributed by atoms with Crippen molar-refractivity contribution in [3.8, 4) is 11.5 Å². The van der Waals surface area contributed by atoms with E-state index in [4.69, 9.17) is 29.4 Å². The van der Waals surface area contributed by atoms with Gasteiger partial charge in [-0.25, -0.2) is 4.79 Å². The fourth-order valence-corrected chi connectivity index (χ4v) is 8.79. The zero-order valence-corrected chi connectivity index (χ0v) is 28.3. The number of allylic oxidation sites excluding steroid dienone is 2. The Morgan fingerprint density at radius 1 is 1.13 bits per heavy atom. The zero-order valence-electron chi connectivity index (χ0n) is 28.3. The number of nitrogens with one attached hydrogen (secondary N) is 1. The molecule has 5 unspecified atom stereocenters. The summed E-state index contributed by atoms with van der Waals surface area (Å²) in [4.78, 5) is 52.7. The van der Waals surface area contributed by atoms with E-state index in [-0.39, 0.29) is 52.4 Å². The lowest BCUT2D eigenvalue weighted by Crippen LogP contribution is -2.48. The zero-order chi connectivity index (χ0) is 34.1. The van der Waals surface area contributed by atoms with Crippen LogP contribution in [0.4, 0.5) is 5.69 Å². The van der Waals surface area contributed by atoms with Crippen molar-refractivity contribution in [2.45, 2.75) is 95.7 Å². The van der Waals surface area contributed by atoms with Crippen LogP contribution < -0.4 is 20.5 Å². The number of ether oxygens (including phenoxy) is 5. The average molecular weight is 651 g/mol. The van der Waals surface area contributed by atoms with E-state index in [9.17, 15) is 19.2 Å². The van der Waals surface area contributed by atoms with E-state index in [1.807, 2.05) is 26.8 Å². The average Bonchev–Trinajstić information content (AvgIpc) is 3.92. The minimum absolute atomic E-state index is 0.00637. The summed E-state index contributed by atoms with van der Waals surface area (Å²) in [7, 11) is 2.84. The summed E-state index contributed by atoms with van der Waals surface area (Å²) < 4.78 is 29.4. The van der Waals surface area contributed by atoms with Gasteiger partial charge >= 0.3 is 5.97 Å². The number of fused-ring (bicyclic) bond motifs is 1. The molecule has 5 aliphatic rings. The van der Waals surface area contributed by atoms with Crippen molar-refractivity contribution in [1.82, 2.24) is 0 Å². The van der Waals surface area contributed by atoms with Gasteiger partial charge in [0.25, 0.3) is 0 Å². The van der Waals surface area contributed by atoms with Gasteiger partial charge in [0.05, 0.1) is 32.1 Å². The molecular formula is C36H46N2O9. The van der Waals surface area contributed by atoms with Crippen molar-refractivity contribution in [2.75, 3.05) is 26.1 Å². The second-order valence-electron chi connectivity index (χ2n) is 14.3. The number of hydrogen-bond donors (Lipinski definition) is 2. The van der Waals surface area contributed by atoms with Crippen LogP contribution in [0.15, 0.2) is 35.9 Å². The van der Waals surface area contributed by atoms with Gasteiger partial charge in [-0.1, -0.05) is 45.8 Å². The third kappa shape index (κ3) is 4.87. The number of benzene rings is 1. The van der Waals surface area contributed by atoms with Crippen LogP contribution >= 0.6 is 0 Å². The maximum absolute atomic E-state index is 14.0. The molecule has 3 aliphatic carbocycles. The van der Waals surface area contributed by atoms with E-state index in [1.165, 1.54) is 26.4 Å². The molecule has 6 rings (SSSR count). The first-order chi connectivity index (χ1) is 22.2. The SMILES string of the molecule is CCCC1=CC(=O)C=CC1(C)[C@]12CC3C[C@@H](C)[C@@]4(C(=O)COC(=O)c5c(NC(=O)C(N)C(C)C)cc(OC)cc5OC)OC34CC1O2. The van der Waals surface area contributed by atoms with Crippen LogP contribution in [0.1, 0.15) is 77.1 Å². The topological polar surface area (TPSA) is 159 Å². The largest absolute Gasteiger partial charge is 0.497 e. The first-order valence-corrected chi connectivity index (χ1v) is 16.6. The van der Waals surface area contributed by atoms with Crippen molar-refractivity contribution in [3.63, 3.8) is 0 Å². The van der Waals surface area contributed by atoms with Crippen molar-refractivity contribution in [2.24, 2.45) is 28.9 Å². The summed E-state index contributed by atoms with van der Waals surface area (Å²) in [6.45, 7) is 9.42. The number of nitrogens with two attached hydrogens (primary N) is 1. The molecule has 1 aromatic carbocycles. The summed E-state index contributed by atoms with van der Waals surface area (Å²) >= 11 is 0. The lowest BCUT2D eigenvalue weighted by atomic mass is 9.59. The van der Waals surface area contributed by atoms with Gasteiger partial charge in [0.1, 0.15) is 28.3 Å². The Balaban J connectivity index is 1.19. The molecule has 0 bridgehead atoms. The molecule has 47 heavy (non-hydrogen) atoms. The van der Waals surface area contributed by atoms with E-state index in [0.717, 1.165) is 31.3 Å². The first-order valence-electron chi connectivity index (χ1n) is 16.6. The molecule has 3 N–H and O–H groups in total. The van der Waals surface area contributed by atoms with Crippen LogP contribution in [0.25, 0.3) is 0 Å². The Labute approximate surface area is 275 Å². The molecule has 1 spiro atoms. The van der Waals surface area contributed by atoms with Gasteiger partial charge in [0, 0.05) is 24.0 Å². The van der Waals surface area contributed by atoms with Crippen molar-refractivity contribution in [1.29, 1.82) is 0 Å². The maximum atomic E-state index is 14.0. The Bertz CT molecular complexity index is 1580. The lowest BCUT2D eigenvalue weighted by Gasteiger charge is -2.42. The van der Waals surface area contributed by atoms with E-state index < -0.39 is 46.7 Å². The molecule has 1 amide bonds. The Kier molecular flexibility index (Phi) is 8.21. The Morgan fingerprint density at radius 3 is 2.53 bits per heavy atom. The van der Waals surface area contributed by atoms with Crippen LogP contribution in [-0.2, 0) is 28.6 Å². The molecule has 254 valence electrons. The number of epoxide rings is 2. The van der Waals surface area contributed by atoms with Crippen LogP contribution in [0.3, 0.4) is 0 Å². The number of esters is 1. The second-order valence-corrected chi connectivity index (χ2v) is 14.3.